The summed E-state index contributed by atoms with van der Waals surface area (Å²) in [5.41, 5.74) is 3.12. The van der Waals surface area contributed by atoms with Gasteiger partial charge in [-0.1, -0.05) is 64.9 Å². The summed E-state index contributed by atoms with van der Waals surface area (Å²) in [7, 11) is 0. The van der Waals surface area contributed by atoms with Crippen LogP contribution in [0.25, 0.3) is 11.4 Å². The van der Waals surface area contributed by atoms with E-state index in [-0.39, 0.29) is 5.82 Å². The van der Waals surface area contributed by atoms with Crippen molar-refractivity contribution in [3.63, 3.8) is 0 Å². The van der Waals surface area contributed by atoms with Crippen molar-refractivity contribution in [2.24, 2.45) is 5.16 Å². The van der Waals surface area contributed by atoms with Crippen molar-refractivity contribution in [1.29, 1.82) is 0 Å². The van der Waals surface area contributed by atoms with Gasteiger partial charge in [-0.25, -0.2) is 0 Å². The highest BCUT2D eigenvalue weighted by Crippen LogP contribution is 2.29. The van der Waals surface area contributed by atoms with E-state index in [4.69, 9.17) is 4.84 Å². The van der Waals surface area contributed by atoms with Crippen LogP contribution in [0.4, 0.5) is 13.2 Å². The zero-order valence-corrected chi connectivity index (χ0v) is 16.0. The minimum Gasteiger partial charge on any atom is -0.391 e. The second kappa shape index (κ2) is 8.82. The standard InChI is InChI=1S/C21H16F3N5O2/c22-21(23,24)20-27-19(28-31-20)18-8-6-15(7-9-18)12-29-13-17(10-25-29)11-26-30-14-16-4-2-1-3-5-16/h1-11,13H,12,14H2/b26-11+. The van der Waals surface area contributed by atoms with Gasteiger partial charge in [-0.2, -0.15) is 23.3 Å². The third kappa shape index (κ3) is 5.35. The van der Waals surface area contributed by atoms with Crippen molar-refractivity contribution in [3.8, 4) is 11.4 Å². The fourth-order valence-corrected chi connectivity index (χ4v) is 2.72. The van der Waals surface area contributed by atoms with Crippen LogP contribution in [0.3, 0.4) is 0 Å². The third-order valence-electron chi connectivity index (χ3n) is 4.23. The van der Waals surface area contributed by atoms with Crippen LogP contribution in [0.15, 0.2) is 76.7 Å². The Kier molecular flexibility index (Phi) is 5.78. The van der Waals surface area contributed by atoms with Crippen LogP contribution in [-0.4, -0.2) is 26.1 Å². The minimum absolute atomic E-state index is 0.119. The van der Waals surface area contributed by atoms with Gasteiger partial charge in [0.2, 0.25) is 5.82 Å². The number of nitrogens with zero attached hydrogens (tertiary/aromatic N) is 5. The highest BCUT2D eigenvalue weighted by molar-refractivity contribution is 5.78. The van der Waals surface area contributed by atoms with Crippen LogP contribution in [-0.2, 0) is 24.2 Å². The molecule has 0 fully saturated rings. The molecule has 10 heteroatoms. The molecule has 0 saturated heterocycles. The van der Waals surface area contributed by atoms with Crippen LogP contribution in [0.2, 0.25) is 0 Å². The third-order valence-corrected chi connectivity index (χ3v) is 4.23. The number of hydrogen-bond acceptors (Lipinski definition) is 6. The van der Waals surface area contributed by atoms with Gasteiger partial charge in [-0.3, -0.25) is 4.68 Å². The molecule has 4 rings (SSSR count). The van der Waals surface area contributed by atoms with Crippen molar-refractivity contribution < 1.29 is 22.5 Å². The molecule has 2 heterocycles. The molecule has 0 radical (unpaired) electrons. The maximum absolute atomic E-state index is 12.6. The second-order valence-corrected chi connectivity index (χ2v) is 6.58. The molecule has 0 saturated carbocycles. The Morgan fingerprint density at radius 3 is 2.52 bits per heavy atom. The highest BCUT2D eigenvalue weighted by Gasteiger charge is 2.38. The topological polar surface area (TPSA) is 78.3 Å². The molecular formula is C21H16F3N5O2. The Balaban J connectivity index is 1.33. The monoisotopic (exact) mass is 427 g/mol. The minimum atomic E-state index is -4.67. The lowest BCUT2D eigenvalue weighted by Gasteiger charge is -2.02. The Bertz CT molecular complexity index is 1150. The lowest BCUT2D eigenvalue weighted by molar-refractivity contribution is -0.159. The number of hydrogen-bond donors (Lipinski definition) is 0. The van der Waals surface area contributed by atoms with E-state index in [1.54, 1.807) is 47.6 Å². The van der Waals surface area contributed by atoms with E-state index >= 15 is 0 Å². The average molecular weight is 427 g/mol. The Labute approximate surface area is 174 Å². The van der Waals surface area contributed by atoms with Gasteiger partial charge in [0.15, 0.2) is 0 Å². The van der Waals surface area contributed by atoms with E-state index in [1.165, 1.54) is 0 Å². The van der Waals surface area contributed by atoms with Crippen molar-refractivity contribution in [2.75, 3.05) is 0 Å². The van der Waals surface area contributed by atoms with E-state index in [2.05, 4.69) is 24.9 Å². The van der Waals surface area contributed by atoms with Crippen molar-refractivity contribution in [2.45, 2.75) is 19.3 Å². The fraction of sp³-hybridized carbons (Fsp3) is 0.143. The van der Waals surface area contributed by atoms with E-state index in [0.717, 1.165) is 16.7 Å². The summed E-state index contributed by atoms with van der Waals surface area (Å²) in [6, 6.07) is 16.5. The Hall–Kier alpha value is -3.95. The van der Waals surface area contributed by atoms with Crippen LogP contribution >= 0.6 is 0 Å². The molecule has 2 aromatic carbocycles. The van der Waals surface area contributed by atoms with Crippen LogP contribution < -0.4 is 0 Å². The molecule has 0 aliphatic carbocycles. The van der Waals surface area contributed by atoms with E-state index < -0.39 is 12.1 Å². The molecule has 0 aliphatic heterocycles. The van der Waals surface area contributed by atoms with Gasteiger partial charge < -0.3 is 9.36 Å². The number of aromatic nitrogens is 4. The van der Waals surface area contributed by atoms with Crippen LogP contribution in [0.1, 0.15) is 22.6 Å². The second-order valence-electron chi connectivity index (χ2n) is 6.58. The molecule has 7 nitrogen and oxygen atoms in total. The van der Waals surface area contributed by atoms with E-state index in [1.807, 2.05) is 30.3 Å². The summed E-state index contributed by atoms with van der Waals surface area (Å²) in [5.74, 6) is -1.49. The fourth-order valence-electron chi connectivity index (χ4n) is 2.72. The molecular weight excluding hydrogens is 411 g/mol. The zero-order valence-electron chi connectivity index (χ0n) is 16.0. The van der Waals surface area contributed by atoms with Crippen molar-refractivity contribution >= 4 is 6.21 Å². The molecule has 0 aliphatic rings. The zero-order chi connectivity index (χ0) is 21.7. The van der Waals surface area contributed by atoms with Gasteiger partial charge in [-0.05, 0) is 11.1 Å². The first-order valence-electron chi connectivity index (χ1n) is 9.19. The van der Waals surface area contributed by atoms with Crippen LogP contribution in [0.5, 0.6) is 0 Å². The molecule has 0 bridgehead atoms. The van der Waals surface area contributed by atoms with Crippen molar-refractivity contribution in [3.05, 3.63) is 89.6 Å². The number of alkyl halides is 3. The summed E-state index contributed by atoms with van der Waals surface area (Å²) in [6.45, 7) is 0.849. The normalized spacial score (nSPS) is 11.8. The van der Waals surface area contributed by atoms with Gasteiger partial charge in [0, 0.05) is 17.3 Å². The smallest absolute Gasteiger partial charge is 0.391 e. The molecule has 2 aromatic heterocycles. The maximum Gasteiger partial charge on any atom is 0.471 e. The van der Waals surface area contributed by atoms with Gasteiger partial charge in [0.1, 0.15) is 6.61 Å². The largest absolute Gasteiger partial charge is 0.471 e. The van der Waals surface area contributed by atoms with E-state index in [9.17, 15) is 13.2 Å². The molecule has 0 amide bonds. The summed E-state index contributed by atoms with van der Waals surface area (Å²) in [4.78, 5) is 8.65. The maximum atomic E-state index is 12.6. The first-order valence-corrected chi connectivity index (χ1v) is 9.19. The molecule has 4 aromatic rings. The van der Waals surface area contributed by atoms with Gasteiger partial charge in [0.25, 0.3) is 0 Å². The molecule has 0 unspecified atom stereocenters. The lowest BCUT2D eigenvalue weighted by atomic mass is 10.1. The number of halogens is 3. The summed E-state index contributed by atoms with van der Waals surface area (Å²) < 4.78 is 43.7. The molecule has 0 N–H and O–H groups in total. The molecule has 31 heavy (non-hydrogen) atoms. The van der Waals surface area contributed by atoms with Crippen LogP contribution in [0, 0.1) is 0 Å². The number of rotatable bonds is 7. The first-order chi connectivity index (χ1) is 15.0. The highest BCUT2D eigenvalue weighted by atomic mass is 19.4. The quantitative estimate of drug-likeness (QED) is 0.319. The predicted octanol–water partition coefficient (Wildman–Crippen LogP) is 4.55. The SMILES string of the molecule is FC(F)(F)c1nc(-c2ccc(Cn3cc(/C=N/OCc4ccccc4)cn3)cc2)no1. The van der Waals surface area contributed by atoms with Crippen molar-refractivity contribution in [1.82, 2.24) is 19.9 Å². The molecule has 158 valence electrons. The predicted molar refractivity (Wildman–Crippen MR) is 105 cm³/mol. The first kappa shape index (κ1) is 20.3. The van der Waals surface area contributed by atoms with Gasteiger partial charge in [0.05, 0.1) is 19.0 Å². The van der Waals surface area contributed by atoms with E-state index in [0.29, 0.717) is 18.7 Å². The Morgan fingerprint density at radius 1 is 1.03 bits per heavy atom. The summed E-state index contributed by atoms with van der Waals surface area (Å²) in [6.07, 6.45) is 0.364. The van der Waals surface area contributed by atoms with Gasteiger partial charge in [-0.15, -0.1) is 0 Å². The Morgan fingerprint density at radius 2 is 1.81 bits per heavy atom. The summed E-state index contributed by atoms with van der Waals surface area (Å²) in [5, 5.41) is 11.6. The van der Waals surface area contributed by atoms with Gasteiger partial charge >= 0.3 is 12.1 Å². The average Bonchev–Trinajstić information content (AvgIpc) is 3.42. The lowest BCUT2D eigenvalue weighted by Crippen LogP contribution is -2.04. The molecule has 0 spiro atoms. The molecule has 0 atom stereocenters. The number of oxime groups is 1. The summed E-state index contributed by atoms with van der Waals surface area (Å²) >= 11 is 0. The number of benzene rings is 2.